The van der Waals surface area contributed by atoms with E-state index in [-0.39, 0.29) is 0 Å². The highest BCUT2D eigenvalue weighted by Gasteiger charge is 2.50. The van der Waals surface area contributed by atoms with Crippen molar-refractivity contribution in [2.75, 3.05) is 6.54 Å². The van der Waals surface area contributed by atoms with Gasteiger partial charge in [0.25, 0.3) is 5.91 Å². The Morgan fingerprint density at radius 3 is 2.72 bits per heavy atom. The van der Waals surface area contributed by atoms with Crippen LogP contribution in [-0.4, -0.2) is 34.5 Å². The zero-order valence-electron chi connectivity index (χ0n) is 9.89. The molecule has 7 heteroatoms. The Balaban J connectivity index is 2.38. The number of aliphatic carboxylic acids is 1. The molecule has 1 aliphatic heterocycles. The number of rotatable bonds is 3. The lowest BCUT2D eigenvalue weighted by Crippen LogP contribution is -2.41. The Bertz CT molecular complexity index is 539. The molecule has 6 nitrogen and oxygen atoms in total. The van der Waals surface area contributed by atoms with Crippen molar-refractivity contribution in [3.05, 3.63) is 21.9 Å². The molecule has 96 valence electrons. The summed E-state index contributed by atoms with van der Waals surface area (Å²) in [6.45, 7) is 2.81. The quantitative estimate of drug-likeness (QED) is 0.798. The standard InChI is InChI=1S/C11H12N2O4S/c1-6-3-4-18-8(6)11(2)9(16)13(5-7(14)15)10(17)12-11/h3-4H,5H2,1-2H3,(H,12,17)(H,14,15). The molecule has 1 aliphatic rings. The Labute approximate surface area is 107 Å². The highest BCUT2D eigenvalue weighted by atomic mass is 32.1. The van der Waals surface area contributed by atoms with Gasteiger partial charge in [-0.25, -0.2) is 4.79 Å². The maximum Gasteiger partial charge on any atom is 0.325 e. The van der Waals surface area contributed by atoms with Gasteiger partial charge in [0.15, 0.2) is 5.54 Å². The van der Waals surface area contributed by atoms with Crippen LogP contribution in [0.5, 0.6) is 0 Å². The molecule has 2 N–H and O–H groups in total. The monoisotopic (exact) mass is 268 g/mol. The zero-order valence-corrected chi connectivity index (χ0v) is 10.7. The van der Waals surface area contributed by atoms with Crippen molar-refractivity contribution in [3.63, 3.8) is 0 Å². The molecule has 1 saturated heterocycles. The van der Waals surface area contributed by atoms with E-state index < -0.39 is 30.0 Å². The van der Waals surface area contributed by atoms with Crippen LogP contribution in [0.3, 0.4) is 0 Å². The van der Waals surface area contributed by atoms with Crippen molar-refractivity contribution in [1.82, 2.24) is 10.2 Å². The Kier molecular flexibility index (Phi) is 2.86. The molecule has 2 rings (SSSR count). The van der Waals surface area contributed by atoms with Crippen LogP contribution in [0.4, 0.5) is 4.79 Å². The SMILES string of the molecule is Cc1ccsc1C1(C)NC(=O)N(CC(=O)O)C1=O. The number of imide groups is 1. The molecule has 0 saturated carbocycles. The van der Waals surface area contributed by atoms with Crippen LogP contribution < -0.4 is 5.32 Å². The molecule has 0 aliphatic carbocycles. The third kappa shape index (κ3) is 1.76. The van der Waals surface area contributed by atoms with Gasteiger partial charge in [0.2, 0.25) is 0 Å². The van der Waals surface area contributed by atoms with Crippen LogP contribution in [0.1, 0.15) is 17.4 Å². The fourth-order valence-corrected chi connectivity index (χ4v) is 3.05. The first-order valence-electron chi connectivity index (χ1n) is 5.26. The van der Waals surface area contributed by atoms with E-state index in [4.69, 9.17) is 5.11 Å². The summed E-state index contributed by atoms with van der Waals surface area (Å²) in [7, 11) is 0. The number of nitrogens with zero attached hydrogens (tertiary/aromatic N) is 1. The van der Waals surface area contributed by atoms with E-state index in [1.807, 2.05) is 18.4 Å². The number of nitrogens with one attached hydrogen (secondary N) is 1. The van der Waals surface area contributed by atoms with E-state index >= 15 is 0 Å². The van der Waals surface area contributed by atoms with Crippen molar-refractivity contribution in [2.24, 2.45) is 0 Å². The molecule has 0 spiro atoms. The number of urea groups is 1. The van der Waals surface area contributed by atoms with E-state index in [0.29, 0.717) is 0 Å². The topological polar surface area (TPSA) is 86.7 Å². The van der Waals surface area contributed by atoms with Gasteiger partial charge in [-0.2, -0.15) is 0 Å². The summed E-state index contributed by atoms with van der Waals surface area (Å²) >= 11 is 1.36. The maximum atomic E-state index is 12.2. The molecule has 1 fully saturated rings. The second kappa shape index (κ2) is 4.09. The Hall–Kier alpha value is -1.89. The predicted octanol–water partition coefficient (Wildman–Crippen LogP) is 0.908. The molecule has 0 bridgehead atoms. The minimum atomic E-state index is -1.22. The first-order chi connectivity index (χ1) is 8.36. The highest BCUT2D eigenvalue weighted by molar-refractivity contribution is 7.10. The minimum Gasteiger partial charge on any atom is -0.480 e. The number of amides is 3. The summed E-state index contributed by atoms with van der Waals surface area (Å²) in [6, 6.07) is 1.18. The first-order valence-corrected chi connectivity index (χ1v) is 6.14. The summed E-state index contributed by atoms with van der Waals surface area (Å²) in [5.74, 6) is -1.74. The second-order valence-electron chi connectivity index (χ2n) is 4.27. The molecule has 0 aromatic carbocycles. The third-order valence-electron chi connectivity index (χ3n) is 2.88. The summed E-state index contributed by atoms with van der Waals surface area (Å²) in [5, 5.41) is 13.1. The van der Waals surface area contributed by atoms with E-state index in [1.54, 1.807) is 6.92 Å². The van der Waals surface area contributed by atoms with Crippen LogP contribution in [0, 0.1) is 6.92 Å². The molecule has 0 radical (unpaired) electrons. The van der Waals surface area contributed by atoms with Crippen LogP contribution in [0.25, 0.3) is 0 Å². The lowest BCUT2D eigenvalue weighted by Gasteiger charge is -2.21. The van der Waals surface area contributed by atoms with Crippen molar-refractivity contribution in [2.45, 2.75) is 19.4 Å². The van der Waals surface area contributed by atoms with Gasteiger partial charge >= 0.3 is 12.0 Å². The first kappa shape index (κ1) is 12.6. The number of carbonyl (C=O) groups excluding carboxylic acids is 2. The van der Waals surface area contributed by atoms with Gasteiger partial charge in [-0.05, 0) is 30.9 Å². The maximum absolute atomic E-state index is 12.2. The lowest BCUT2D eigenvalue weighted by atomic mass is 9.97. The van der Waals surface area contributed by atoms with Gasteiger partial charge in [0.1, 0.15) is 6.54 Å². The number of carbonyl (C=O) groups is 3. The lowest BCUT2D eigenvalue weighted by molar-refractivity contribution is -0.142. The van der Waals surface area contributed by atoms with E-state index in [1.165, 1.54) is 11.3 Å². The third-order valence-corrected chi connectivity index (χ3v) is 4.12. The highest BCUT2D eigenvalue weighted by Crippen LogP contribution is 2.34. The largest absolute Gasteiger partial charge is 0.480 e. The Morgan fingerprint density at radius 1 is 1.56 bits per heavy atom. The zero-order chi connectivity index (χ0) is 13.5. The van der Waals surface area contributed by atoms with Crippen LogP contribution in [0.2, 0.25) is 0 Å². The van der Waals surface area contributed by atoms with Gasteiger partial charge in [-0.15, -0.1) is 11.3 Å². The molecule has 1 aromatic rings. The van der Waals surface area contributed by atoms with Gasteiger partial charge in [-0.1, -0.05) is 0 Å². The molecule has 18 heavy (non-hydrogen) atoms. The van der Waals surface area contributed by atoms with Gasteiger partial charge in [0.05, 0.1) is 0 Å². The van der Waals surface area contributed by atoms with Crippen molar-refractivity contribution in [1.29, 1.82) is 0 Å². The van der Waals surface area contributed by atoms with Crippen molar-refractivity contribution >= 4 is 29.2 Å². The van der Waals surface area contributed by atoms with Crippen LogP contribution in [-0.2, 0) is 15.1 Å². The number of carboxylic acids is 1. The average Bonchev–Trinajstić information content (AvgIpc) is 2.78. The molecule has 1 aromatic heterocycles. The second-order valence-corrected chi connectivity index (χ2v) is 5.19. The summed E-state index contributed by atoms with van der Waals surface area (Å²) in [4.78, 5) is 36.0. The van der Waals surface area contributed by atoms with Gasteiger partial charge in [-0.3, -0.25) is 14.5 Å². The number of hydrogen-bond acceptors (Lipinski definition) is 4. The van der Waals surface area contributed by atoms with E-state index in [9.17, 15) is 14.4 Å². The molecule has 2 heterocycles. The van der Waals surface area contributed by atoms with Gasteiger partial charge < -0.3 is 10.4 Å². The summed E-state index contributed by atoms with van der Waals surface area (Å²) in [5.41, 5.74) is -0.265. The fourth-order valence-electron chi connectivity index (χ4n) is 2.01. The molecule has 3 amide bonds. The summed E-state index contributed by atoms with van der Waals surface area (Å²) < 4.78 is 0. The average molecular weight is 268 g/mol. The summed E-state index contributed by atoms with van der Waals surface area (Å²) in [6.07, 6.45) is 0. The van der Waals surface area contributed by atoms with Crippen molar-refractivity contribution < 1.29 is 19.5 Å². The normalized spacial score (nSPS) is 23.3. The molecule has 1 atom stereocenters. The number of carboxylic acid groups (broad SMARTS) is 1. The molecular formula is C11H12N2O4S. The Morgan fingerprint density at radius 2 is 2.22 bits per heavy atom. The number of hydrogen-bond donors (Lipinski definition) is 2. The smallest absolute Gasteiger partial charge is 0.325 e. The number of aryl methyl sites for hydroxylation is 1. The number of thiophene rings is 1. The molecule has 1 unspecified atom stereocenters. The van der Waals surface area contributed by atoms with E-state index in [0.717, 1.165) is 15.3 Å². The van der Waals surface area contributed by atoms with Crippen LogP contribution >= 0.6 is 11.3 Å². The fraction of sp³-hybridized carbons (Fsp3) is 0.364. The van der Waals surface area contributed by atoms with E-state index in [2.05, 4.69) is 5.32 Å². The minimum absolute atomic E-state index is 0.527. The van der Waals surface area contributed by atoms with Crippen molar-refractivity contribution in [3.8, 4) is 0 Å². The van der Waals surface area contributed by atoms with Gasteiger partial charge in [0, 0.05) is 4.88 Å². The molecular weight excluding hydrogens is 256 g/mol. The van der Waals surface area contributed by atoms with Crippen LogP contribution in [0.15, 0.2) is 11.4 Å². The predicted molar refractivity (Wildman–Crippen MR) is 64.3 cm³/mol.